The lowest BCUT2D eigenvalue weighted by Gasteiger charge is -2.09. The number of aromatic nitrogens is 5. The Morgan fingerprint density at radius 2 is 2.10 bits per heavy atom. The van der Waals surface area contributed by atoms with Gasteiger partial charge in [0.05, 0.1) is 6.61 Å². The molecule has 0 aliphatic carbocycles. The summed E-state index contributed by atoms with van der Waals surface area (Å²) in [5.41, 5.74) is 2.22. The molecule has 0 amide bonds. The molecule has 2 aromatic rings. The molecule has 3 N–H and O–H groups in total. The molecule has 0 spiro atoms. The molecule has 0 radical (unpaired) electrons. The second-order valence-corrected chi connectivity index (χ2v) is 3.90. The fourth-order valence-corrected chi connectivity index (χ4v) is 1.40. The first-order valence-electron chi connectivity index (χ1n) is 5.90. The van der Waals surface area contributed by atoms with Crippen LogP contribution < -0.4 is 16.0 Å². The van der Waals surface area contributed by atoms with E-state index in [1.54, 1.807) is 12.3 Å². The number of hydrogen-bond acceptors (Lipinski definition) is 7. The molecular formula is C10H12F3N7O. The average Bonchev–Trinajstić information content (AvgIpc) is 2.96. The van der Waals surface area contributed by atoms with Crippen LogP contribution in [0.4, 0.5) is 19.1 Å². The van der Waals surface area contributed by atoms with Gasteiger partial charge in [0, 0.05) is 18.8 Å². The topological polar surface area (TPSA) is 104 Å². The Bertz CT molecular complexity index is 573. The number of hydrazine groups is 1. The standard InChI is InChI=1S/C10H12F3N7O/c11-10(12,13)3-1-6-21-9-17-7(19-14)16-8(18-9)20-5-2-4-15-20/h2,4-5H,1,3,6,14H2,(H,16,17,18,19). The van der Waals surface area contributed by atoms with Crippen LogP contribution in [0.15, 0.2) is 18.5 Å². The number of nitrogens with two attached hydrogens (primary N) is 1. The summed E-state index contributed by atoms with van der Waals surface area (Å²) in [4.78, 5) is 11.7. The lowest BCUT2D eigenvalue weighted by molar-refractivity contribution is -0.136. The molecule has 21 heavy (non-hydrogen) atoms. The minimum Gasteiger partial charge on any atom is -0.463 e. The third-order valence-electron chi connectivity index (χ3n) is 2.28. The molecule has 8 nitrogen and oxygen atoms in total. The molecule has 2 aromatic heterocycles. The zero-order valence-corrected chi connectivity index (χ0v) is 10.7. The van der Waals surface area contributed by atoms with Gasteiger partial charge in [-0.3, -0.25) is 5.43 Å². The summed E-state index contributed by atoms with van der Waals surface area (Å²) in [6.45, 7) is -0.175. The second-order valence-electron chi connectivity index (χ2n) is 3.90. The summed E-state index contributed by atoms with van der Waals surface area (Å²) in [5, 5.41) is 3.92. The summed E-state index contributed by atoms with van der Waals surface area (Å²) in [6.07, 6.45) is -2.25. The number of anilines is 1. The number of nitrogens with zero attached hydrogens (tertiary/aromatic N) is 5. The van der Waals surface area contributed by atoms with E-state index in [1.165, 1.54) is 10.9 Å². The van der Waals surface area contributed by atoms with Crippen molar-refractivity contribution >= 4 is 5.95 Å². The van der Waals surface area contributed by atoms with Crippen LogP contribution >= 0.6 is 0 Å². The Hall–Kier alpha value is -2.43. The van der Waals surface area contributed by atoms with Gasteiger partial charge >= 0.3 is 12.2 Å². The molecule has 2 heterocycles. The Labute approximate surface area is 117 Å². The van der Waals surface area contributed by atoms with Gasteiger partial charge in [0.2, 0.25) is 5.95 Å². The molecule has 2 rings (SSSR count). The monoisotopic (exact) mass is 303 g/mol. The Balaban J connectivity index is 2.04. The molecule has 0 unspecified atom stereocenters. The lowest BCUT2D eigenvalue weighted by Crippen LogP contribution is -2.16. The zero-order valence-electron chi connectivity index (χ0n) is 10.7. The molecule has 0 aliphatic heterocycles. The van der Waals surface area contributed by atoms with E-state index < -0.39 is 12.6 Å². The summed E-state index contributed by atoms with van der Waals surface area (Å²) in [5.74, 6) is 5.36. The molecular weight excluding hydrogens is 291 g/mol. The third kappa shape index (κ3) is 4.56. The average molecular weight is 303 g/mol. The minimum absolute atomic E-state index is 0.0151. The van der Waals surface area contributed by atoms with Gasteiger partial charge in [0.1, 0.15) is 0 Å². The van der Waals surface area contributed by atoms with Crippen molar-refractivity contribution in [3.05, 3.63) is 18.5 Å². The Morgan fingerprint density at radius 1 is 1.29 bits per heavy atom. The first kappa shape index (κ1) is 15.0. The van der Waals surface area contributed by atoms with E-state index in [-0.39, 0.29) is 30.9 Å². The van der Waals surface area contributed by atoms with Crippen molar-refractivity contribution in [3.8, 4) is 12.0 Å². The predicted molar refractivity (Wildman–Crippen MR) is 65.5 cm³/mol. The second kappa shape index (κ2) is 6.35. The first-order valence-corrected chi connectivity index (χ1v) is 5.90. The first-order chi connectivity index (χ1) is 9.98. The molecule has 0 atom stereocenters. The highest BCUT2D eigenvalue weighted by Gasteiger charge is 2.26. The number of rotatable bonds is 6. The van der Waals surface area contributed by atoms with Crippen LogP contribution in [0.3, 0.4) is 0 Å². The van der Waals surface area contributed by atoms with Crippen molar-refractivity contribution in [2.24, 2.45) is 5.84 Å². The highest BCUT2D eigenvalue weighted by molar-refractivity contribution is 5.28. The van der Waals surface area contributed by atoms with Gasteiger partial charge < -0.3 is 4.74 Å². The quantitative estimate of drug-likeness (QED) is 0.467. The molecule has 0 fully saturated rings. The van der Waals surface area contributed by atoms with Crippen molar-refractivity contribution in [2.45, 2.75) is 19.0 Å². The van der Waals surface area contributed by atoms with E-state index in [9.17, 15) is 13.2 Å². The zero-order chi connectivity index (χ0) is 15.3. The van der Waals surface area contributed by atoms with Crippen LogP contribution in [-0.2, 0) is 0 Å². The van der Waals surface area contributed by atoms with Crippen LogP contribution in [0.1, 0.15) is 12.8 Å². The molecule has 114 valence electrons. The van der Waals surface area contributed by atoms with Gasteiger partial charge in [-0.1, -0.05) is 0 Å². The largest absolute Gasteiger partial charge is 0.463 e. The Morgan fingerprint density at radius 3 is 2.71 bits per heavy atom. The van der Waals surface area contributed by atoms with E-state index in [2.05, 4.69) is 25.5 Å². The number of alkyl halides is 3. The van der Waals surface area contributed by atoms with Crippen LogP contribution in [0.25, 0.3) is 5.95 Å². The highest BCUT2D eigenvalue weighted by Crippen LogP contribution is 2.21. The van der Waals surface area contributed by atoms with Gasteiger partial charge in [0.15, 0.2) is 0 Å². The maximum absolute atomic E-state index is 12.0. The summed E-state index contributed by atoms with van der Waals surface area (Å²) >= 11 is 0. The van der Waals surface area contributed by atoms with E-state index in [1.807, 2.05) is 0 Å². The van der Waals surface area contributed by atoms with E-state index in [0.717, 1.165) is 0 Å². The van der Waals surface area contributed by atoms with E-state index in [4.69, 9.17) is 10.6 Å². The normalized spacial score (nSPS) is 11.4. The van der Waals surface area contributed by atoms with Gasteiger partial charge in [-0.2, -0.15) is 33.2 Å². The number of nitrogen functional groups attached to an aromatic ring is 1. The predicted octanol–water partition coefficient (Wildman–Crippen LogP) is 1.06. The third-order valence-corrected chi connectivity index (χ3v) is 2.28. The maximum atomic E-state index is 12.0. The van der Waals surface area contributed by atoms with Crippen LogP contribution in [-0.4, -0.2) is 37.5 Å². The van der Waals surface area contributed by atoms with Crippen molar-refractivity contribution in [2.75, 3.05) is 12.0 Å². The number of halogens is 3. The van der Waals surface area contributed by atoms with Gasteiger partial charge in [0.25, 0.3) is 5.95 Å². The molecule has 0 aliphatic rings. The summed E-state index contributed by atoms with van der Waals surface area (Å²) in [6, 6.07) is 1.52. The van der Waals surface area contributed by atoms with Crippen LogP contribution in [0.5, 0.6) is 6.01 Å². The van der Waals surface area contributed by atoms with Crippen molar-refractivity contribution in [1.82, 2.24) is 24.7 Å². The highest BCUT2D eigenvalue weighted by atomic mass is 19.4. The maximum Gasteiger partial charge on any atom is 0.389 e. The molecule has 11 heteroatoms. The summed E-state index contributed by atoms with van der Waals surface area (Å²) < 4.78 is 42.5. The molecule has 0 bridgehead atoms. The molecule has 0 saturated heterocycles. The SMILES string of the molecule is NNc1nc(OCCCC(F)(F)F)nc(-n2cccn2)n1. The lowest BCUT2D eigenvalue weighted by atomic mass is 10.3. The fourth-order valence-electron chi connectivity index (χ4n) is 1.40. The van der Waals surface area contributed by atoms with Crippen molar-refractivity contribution in [1.29, 1.82) is 0 Å². The fraction of sp³-hybridized carbons (Fsp3) is 0.400. The van der Waals surface area contributed by atoms with Gasteiger partial charge in [-0.25, -0.2) is 10.5 Å². The van der Waals surface area contributed by atoms with Crippen LogP contribution in [0, 0.1) is 0 Å². The molecule has 0 aromatic carbocycles. The smallest absolute Gasteiger partial charge is 0.389 e. The minimum atomic E-state index is -4.22. The summed E-state index contributed by atoms with van der Waals surface area (Å²) in [7, 11) is 0. The van der Waals surface area contributed by atoms with Gasteiger partial charge in [-0.05, 0) is 12.5 Å². The number of hydrogen-bond donors (Lipinski definition) is 2. The number of nitrogens with one attached hydrogen (secondary N) is 1. The van der Waals surface area contributed by atoms with E-state index >= 15 is 0 Å². The molecule has 0 saturated carbocycles. The van der Waals surface area contributed by atoms with Crippen molar-refractivity contribution in [3.63, 3.8) is 0 Å². The Kier molecular flexibility index (Phi) is 4.52. The number of ether oxygens (including phenoxy) is 1. The van der Waals surface area contributed by atoms with Gasteiger partial charge in [-0.15, -0.1) is 0 Å². The van der Waals surface area contributed by atoms with Crippen LogP contribution in [0.2, 0.25) is 0 Å². The van der Waals surface area contributed by atoms with Crippen molar-refractivity contribution < 1.29 is 17.9 Å². The van der Waals surface area contributed by atoms with E-state index in [0.29, 0.717) is 0 Å².